The maximum atomic E-state index is 5.92. The summed E-state index contributed by atoms with van der Waals surface area (Å²) in [7, 11) is 4.16. The number of rotatable bonds is 7. The number of nitrogens with one attached hydrogen (secondary N) is 2. The summed E-state index contributed by atoms with van der Waals surface area (Å²) in [5.41, 5.74) is 0. The second-order valence-corrected chi connectivity index (χ2v) is 5.80. The fraction of sp³-hybridized carbons (Fsp3) is 0.588. The zero-order valence-electron chi connectivity index (χ0n) is 14.7. The van der Waals surface area contributed by atoms with Crippen LogP contribution >= 0.6 is 24.0 Å². The fourth-order valence-electron chi connectivity index (χ4n) is 2.29. The number of nitrogens with zero attached hydrogens (tertiary/aromatic N) is 2. The molecule has 0 radical (unpaired) electrons. The van der Waals surface area contributed by atoms with Crippen molar-refractivity contribution in [3.8, 4) is 11.5 Å². The SMILES string of the molecule is CCNC(=NCC1COc2ccccc2O1)NCCCN(C)C.I. The summed E-state index contributed by atoms with van der Waals surface area (Å²) in [4.78, 5) is 6.78. The second-order valence-electron chi connectivity index (χ2n) is 5.80. The first-order valence-corrected chi connectivity index (χ1v) is 8.24. The number of ether oxygens (including phenoxy) is 2. The van der Waals surface area contributed by atoms with Crippen LogP contribution in [-0.2, 0) is 0 Å². The van der Waals surface area contributed by atoms with Crippen LogP contribution in [0, 0.1) is 0 Å². The highest BCUT2D eigenvalue weighted by Gasteiger charge is 2.20. The first-order chi connectivity index (χ1) is 11.2. The Kier molecular flexibility index (Phi) is 9.85. The van der Waals surface area contributed by atoms with E-state index in [2.05, 4.69) is 41.5 Å². The van der Waals surface area contributed by atoms with Gasteiger partial charge in [0.1, 0.15) is 6.61 Å². The molecular formula is C17H29IN4O2. The van der Waals surface area contributed by atoms with Gasteiger partial charge in [-0.15, -0.1) is 24.0 Å². The minimum Gasteiger partial charge on any atom is -0.486 e. The molecule has 1 unspecified atom stereocenters. The molecule has 0 bridgehead atoms. The average molecular weight is 448 g/mol. The maximum Gasteiger partial charge on any atom is 0.191 e. The molecule has 6 nitrogen and oxygen atoms in total. The molecule has 0 aromatic heterocycles. The molecule has 1 heterocycles. The highest BCUT2D eigenvalue weighted by Crippen LogP contribution is 2.30. The number of hydrogen-bond donors (Lipinski definition) is 2. The van der Waals surface area contributed by atoms with E-state index in [1.165, 1.54) is 0 Å². The molecule has 0 saturated heterocycles. The van der Waals surface area contributed by atoms with Crippen molar-refractivity contribution in [2.24, 2.45) is 4.99 Å². The maximum absolute atomic E-state index is 5.92. The third-order valence-corrected chi connectivity index (χ3v) is 3.44. The largest absolute Gasteiger partial charge is 0.486 e. The minimum absolute atomic E-state index is 0. The van der Waals surface area contributed by atoms with Crippen molar-refractivity contribution in [1.82, 2.24) is 15.5 Å². The molecule has 0 saturated carbocycles. The van der Waals surface area contributed by atoms with E-state index in [0.29, 0.717) is 13.2 Å². The van der Waals surface area contributed by atoms with Crippen molar-refractivity contribution < 1.29 is 9.47 Å². The van der Waals surface area contributed by atoms with Crippen molar-refractivity contribution in [3.05, 3.63) is 24.3 Å². The van der Waals surface area contributed by atoms with Crippen LogP contribution in [0.2, 0.25) is 0 Å². The number of fused-ring (bicyclic) bond motifs is 1. The Morgan fingerprint density at radius 1 is 1.25 bits per heavy atom. The summed E-state index contributed by atoms with van der Waals surface area (Å²) >= 11 is 0. The van der Waals surface area contributed by atoms with E-state index >= 15 is 0 Å². The van der Waals surface area contributed by atoms with Crippen molar-refractivity contribution in [1.29, 1.82) is 0 Å². The highest BCUT2D eigenvalue weighted by molar-refractivity contribution is 14.0. The van der Waals surface area contributed by atoms with Crippen molar-refractivity contribution in [3.63, 3.8) is 0 Å². The Hall–Kier alpha value is -1.22. The number of aliphatic imine (C=N–C) groups is 1. The number of para-hydroxylation sites is 2. The molecule has 7 heteroatoms. The molecule has 24 heavy (non-hydrogen) atoms. The fourth-order valence-corrected chi connectivity index (χ4v) is 2.29. The molecule has 1 aliphatic rings. The van der Waals surface area contributed by atoms with Gasteiger partial charge in [0.25, 0.3) is 0 Å². The molecule has 1 aliphatic heterocycles. The van der Waals surface area contributed by atoms with Gasteiger partial charge in [0, 0.05) is 13.1 Å². The van der Waals surface area contributed by atoms with Crippen LogP contribution in [0.1, 0.15) is 13.3 Å². The summed E-state index contributed by atoms with van der Waals surface area (Å²) in [5, 5.41) is 6.61. The molecule has 0 spiro atoms. The van der Waals surface area contributed by atoms with Crippen LogP contribution in [-0.4, -0.2) is 63.8 Å². The van der Waals surface area contributed by atoms with Gasteiger partial charge in [-0.25, -0.2) is 4.99 Å². The molecule has 2 rings (SSSR count). The molecule has 1 aromatic carbocycles. The summed E-state index contributed by atoms with van der Waals surface area (Å²) in [5.74, 6) is 2.43. The predicted molar refractivity (Wildman–Crippen MR) is 109 cm³/mol. The van der Waals surface area contributed by atoms with Crippen LogP contribution in [0.15, 0.2) is 29.3 Å². The van der Waals surface area contributed by atoms with Gasteiger partial charge in [-0.3, -0.25) is 0 Å². The van der Waals surface area contributed by atoms with Gasteiger partial charge in [0.05, 0.1) is 6.54 Å². The van der Waals surface area contributed by atoms with E-state index in [1.54, 1.807) is 0 Å². The predicted octanol–water partition coefficient (Wildman–Crippen LogP) is 1.95. The number of benzene rings is 1. The average Bonchev–Trinajstić information content (AvgIpc) is 2.56. The molecule has 2 N–H and O–H groups in total. The number of halogens is 1. The van der Waals surface area contributed by atoms with E-state index in [9.17, 15) is 0 Å². The lowest BCUT2D eigenvalue weighted by Crippen LogP contribution is -2.40. The van der Waals surface area contributed by atoms with Crippen LogP contribution in [0.25, 0.3) is 0 Å². The van der Waals surface area contributed by atoms with E-state index < -0.39 is 0 Å². The lowest BCUT2D eigenvalue weighted by atomic mass is 10.2. The zero-order valence-corrected chi connectivity index (χ0v) is 17.1. The van der Waals surface area contributed by atoms with E-state index in [0.717, 1.165) is 43.5 Å². The number of hydrogen-bond acceptors (Lipinski definition) is 4. The standard InChI is InChI=1S/C17H28N4O2.HI/c1-4-18-17(19-10-7-11-21(2)3)20-12-14-13-22-15-8-5-6-9-16(15)23-14;/h5-6,8-9,14H,4,7,10-13H2,1-3H3,(H2,18,19,20);1H. The third kappa shape index (κ3) is 7.12. The third-order valence-electron chi connectivity index (χ3n) is 3.44. The first kappa shape index (κ1) is 20.8. The van der Waals surface area contributed by atoms with Crippen molar-refractivity contribution >= 4 is 29.9 Å². The Morgan fingerprint density at radius 3 is 2.71 bits per heavy atom. The Labute approximate surface area is 162 Å². The molecule has 1 aromatic rings. The zero-order chi connectivity index (χ0) is 16.5. The molecule has 0 fully saturated rings. The smallest absolute Gasteiger partial charge is 0.191 e. The summed E-state index contributed by atoms with van der Waals surface area (Å²) < 4.78 is 11.6. The molecular weight excluding hydrogens is 419 g/mol. The summed E-state index contributed by atoms with van der Waals surface area (Å²) in [6, 6.07) is 7.74. The topological polar surface area (TPSA) is 58.1 Å². The Bertz CT molecular complexity index is 511. The summed E-state index contributed by atoms with van der Waals surface area (Å²) in [6.07, 6.45) is 1.02. The molecule has 0 amide bonds. The van der Waals surface area contributed by atoms with Crippen LogP contribution in [0.4, 0.5) is 0 Å². The van der Waals surface area contributed by atoms with E-state index in [4.69, 9.17) is 9.47 Å². The molecule has 0 aliphatic carbocycles. The quantitative estimate of drug-likeness (QED) is 0.289. The van der Waals surface area contributed by atoms with Gasteiger partial charge >= 0.3 is 0 Å². The van der Waals surface area contributed by atoms with Crippen molar-refractivity contribution in [2.75, 3.05) is 46.9 Å². The van der Waals surface area contributed by atoms with Gasteiger partial charge in [0.15, 0.2) is 23.6 Å². The lowest BCUT2D eigenvalue weighted by Gasteiger charge is -2.25. The normalized spacial score (nSPS) is 16.5. The van der Waals surface area contributed by atoms with Gasteiger partial charge < -0.3 is 25.0 Å². The van der Waals surface area contributed by atoms with Crippen molar-refractivity contribution in [2.45, 2.75) is 19.4 Å². The summed E-state index contributed by atoms with van der Waals surface area (Å²) in [6.45, 7) is 5.95. The van der Waals surface area contributed by atoms with Gasteiger partial charge in [-0.2, -0.15) is 0 Å². The Morgan fingerprint density at radius 2 is 2.00 bits per heavy atom. The van der Waals surface area contributed by atoms with E-state index in [-0.39, 0.29) is 30.1 Å². The minimum atomic E-state index is -0.0536. The molecule has 136 valence electrons. The monoisotopic (exact) mass is 448 g/mol. The second kappa shape index (κ2) is 11.4. The van der Waals surface area contributed by atoms with Crippen LogP contribution in [0.3, 0.4) is 0 Å². The first-order valence-electron chi connectivity index (χ1n) is 8.24. The van der Waals surface area contributed by atoms with Gasteiger partial charge in [-0.05, 0) is 46.1 Å². The van der Waals surface area contributed by atoms with Gasteiger partial charge in [0.2, 0.25) is 0 Å². The van der Waals surface area contributed by atoms with E-state index in [1.807, 2.05) is 24.3 Å². The number of guanidine groups is 1. The molecule has 1 atom stereocenters. The van der Waals surface area contributed by atoms with Crippen LogP contribution in [0.5, 0.6) is 11.5 Å². The van der Waals surface area contributed by atoms with Crippen LogP contribution < -0.4 is 20.1 Å². The highest BCUT2D eigenvalue weighted by atomic mass is 127. The lowest BCUT2D eigenvalue weighted by molar-refractivity contribution is 0.0971. The Balaban J connectivity index is 0.00000288. The van der Waals surface area contributed by atoms with Gasteiger partial charge in [-0.1, -0.05) is 12.1 Å².